The van der Waals surface area contributed by atoms with E-state index < -0.39 is 23.4 Å². The molecule has 0 radical (unpaired) electrons. The fraction of sp³-hybridized carbons (Fsp3) is 0.667. The second kappa shape index (κ2) is 5.22. The van der Waals surface area contributed by atoms with Crippen molar-refractivity contribution in [2.24, 2.45) is 5.92 Å². The standard InChI is InChI=1S/C12H15F3N2O2/c1-2-19-11(18)9-7-17(6-8-4-3-5-8)16-10(9)12(13,14)15/h7-8H,2-6H2,1H3. The topological polar surface area (TPSA) is 44.1 Å². The number of ether oxygens (including phenoxy) is 1. The molecule has 106 valence electrons. The summed E-state index contributed by atoms with van der Waals surface area (Å²) < 4.78 is 44.3. The second-order valence-electron chi connectivity index (χ2n) is 4.63. The fourth-order valence-corrected chi connectivity index (χ4v) is 2.02. The molecule has 0 saturated heterocycles. The number of aromatic nitrogens is 2. The number of carbonyl (C=O) groups is 1. The zero-order valence-electron chi connectivity index (χ0n) is 10.5. The lowest BCUT2D eigenvalue weighted by Gasteiger charge is -2.24. The highest BCUT2D eigenvalue weighted by molar-refractivity contribution is 5.90. The number of alkyl halides is 3. The van der Waals surface area contributed by atoms with Crippen LogP contribution in [0.3, 0.4) is 0 Å². The van der Waals surface area contributed by atoms with E-state index in [-0.39, 0.29) is 6.61 Å². The van der Waals surface area contributed by atoms with Gasteiger partial charge >= 0.3 is 12.1 Å². The summed E-state index contributed by atoms with van der Waals surface area (Å²) in [7, 11) is 0. The average Bonchev–Trinajstić information content (AvgIpc) is 2.67. The molecule has 1 saturated carbocycles. The van der Waals surface area contributed by atoms with Gasteiger partial charge in [0.25, 0.3) is 0 Å². The van der Waals surface area contributed by atoms with Crippen molar-refractivity contribution in [1.82, 2.24) is 9.78 Å². The lowest BCUT2D eigenvalue weighted by atomic mass is 9.85. The molecular weight excluding hydrogens is 261 g/mol. The molecule has 0 aliphatic heterocycles. The third kappa shape index (κ3) is 3.08. The molecule has 0 aromatic carbocycles. The minimum absolute atomic E-state index is 0.0317. The van der Waals surface area contributed by atoms with Gasteiger partial charge in [0, 0.05) is 12.7 Å². The van der Waals surface area contributed by atoms with Crippen LogP contribution in [0.4, 0.5) is 13.2 Å². The van der Waals surface area contributed by atoms with E-state index in [1.165, 1.54) is 4.68 Å². The largest absolute Gasteiger partial charge is 0.462 e. The van der Waals surface area contributed by atoms with E-state index >= 15 is 0 Å². The second-order valence-corrected chi connectivity index (χ2v) is 4.63. The van der Waals surface area contributed by atoms with Crippen molar-refractivity contribution in [3.8, 4) is 0 Å². The van der Waals surface area contributed by atoms with Crippen molar-refractivity contribution in [2.45, 2.75) is 38.9 Å². The van der Waals surface area contributed by atoms with Crippen molar-refractivity contribution < 1.29 is 22.7 Å². The van der Waals surface area contributed by atoms with Crippen LogP contribution in [0.1, 0.15) is 42.2 Å². The van der Waals surface area contributed by atoms with Crippen molar-refractivity contribution >= 4 is 5.97 Å². The van der Waals surface area contributed by atoms with Crippen LogP contribution in [-0.4, -0.2) is 22.4 Å². The van der Waals surface area contributed by atoms with Crippen LogP contribution in [0.5, 0.6) is 0 Å². The van der Waals surface area contributed by atoms with E-state index in [2.05, 4.69) is 9.84 Å². The minimum atomic E-state index is -4.65. The van der Waals surface area contributed by atoms with Gasteiger partial charge in [-0.15, -0.1) is 0 Å². The summed E-state index contributed by atoms with van der Waals surface area (Å²) in [6.07, 6.45) is -0.416. The fourth-order valence-electron chi connectivity index (χ4n) is 2.02. The van der Waals surface area contributed by atoms with E-state index in [0.717, 1.165) is 25.5 Å². The smallest absolute Gasteiger partial charge is 0.436 e. The zero-order valence-corrected chi connectivity index (χ0v) is 10.5. The summed E-state index contributed by atoms with van der Waals surface area (Å²) >= 11 is 0. The number of halogens is 3. The molecule has 1 heterocycles. The molecule has 1 aromatic rings. The van der Waals surface area contributed by atoms with Gasteiger partial charge in [0.2, 0.25) is 0 Å². The molecule has 0 atom stereocenters. The first-order valence-corrected chi connectivity index (χ1v) is 6.23. The normalized spacial score (nSPS) is 16.2. The van der Waals surface area contributed by atoms with E-state index in [4.69, 9.17) is 0 Å². The molecule has 1 aliphatic rings. The van der Waals surface area contributed by atoms with Gasteiger partial charge in [-0.3, -0.25) is 4.68 Å². The number of nitrogens with zero attached hydrogens (tertiary/aromatic N) is 2. The Morgan fingerprint density at radius 3 is 2.68 bits per heavy atom. The number of carbonyl (C=O) groups excluding carboxylic acids is 1. The van der Waals surface area contributed by atoms with Crippen LogP contribution in [0, 0.1) is 5.92 Å². The van der Waals surface area contributed by atoms with Gasteiger partial charge in [-0.2, -0.15) is 18.3 Å². The van der Waals surface area contributed by atoms with Crippen LogP contribution in [0.2, 0.25) is 0 Å². The Kier molecular flexibility index (Phi) is 3.82. The summed E-state index contributed by atoms with van der Waals surface area (Å²) in [4.78, 5) is 11.5. The van der Waals surface area contributed by atoms with E-state index in [9.17, 15) is 18.0 Å². The monoisotopic (exact) mass is 276 g/mol. The molecule has 19 heavy (non-hydrogen) atoms. The molecule has 1 fully saturated rings. The summed E-state index contributed by atoms with van der Waals surface area (Å²) in [5, 5.41) is 3.50. The van der Waals surface area contributed by atoms with Gasteiger partial charge in [0.15, 0.2) is 5.69 Å². The van der Waals surface area contributed by atoms with Crippen molar-refractivity contribution in [2.75, 3.05) is 6.61 Å². The number of hydrogen-bond donors (Lipinski definition) is 0. The Bertz CT molecular complexity index is 464. The van der Waals surface area contributed by atoms with E-state index in [0.29, 0.717) is 12.5 Å². The first-order valence-electron chi connectivity index (χ1n) is 6.23. The minimum Gasteiger partial charge on any atom is -0.462 e. The van der Waals surface area contributed by atoms with Crippen molar-refractivity contribution in [3.05, 3.63) is 17.5 Å². The van der Waals surface area contributed by atoms with Gasteiger partial charge in [-0.05, 0) is 25.7 Å². The molecule has 1 aliphatic carbocycles. The highest BCUT2D eigenvalue weighted by Crippen LogP contribution is 2.32. The summed E-state index contributed by atoms with van der Waals surface area (Å²) in [5.74, 6) is -0.620. The number of rotatable bonds is 4. The predicted molar refractivity (Wildman–Crippen MR) is 60.5 cm³/mol. The predicted octanol–water partition coefficient (Wildman–Crippen LogP) is 2.88. The molecule has 0 bridgehead atoms. The first-order chi connectivity index (χ1) is 8.91. The summed E-state index contributed by atoms with van der Waals surface area (Å²) in [5.41, 5.74) is -1.67. The molecule has 0 N–H and O–H groups in total. The van der Waals surface area contributed by atoms with Crippen molar-refractivity contribution in [3.63, 3.8) is 0 Å². The molecule has 0 amide bonds. The lowest BCUT2D eigenvalue weighted by molar-refractivity contribution is -0.142. The van der Waals surface area contributed by atoms with Crippen LogP contribution in [-0.2, 0) is 17.5 Å². The average molecular weight is 276 g/mol. The molecule has 2 rings (SSSR count). The van der Waals surface area contributed by atoms with E-state index in [1.54, 1.807) is 6.92 Å². The molecule has 0 unspecified atom stereocenters. The van der Waals surface area contributed by atoms with Gasteiger partial charge < -0.3 is 4.74 Å². The van der Waals surface area contributed by atoms with Crippen LogP contribution >= 0.6 is 0 Å². The highest BCUT2D eigenvalue weighted by Gasteiger charge is 2.40. The molecular formula is C12H15F3N2O2. The number of esters is 1. The molecule has 7 heteroatoms. The maximum Gasteiger partial charge on any atom is 0.436 e. The van der Waals surface area contributed by atoms with Gasteiger partial charge in [-0.1, -0.05) is 6.42 Å². The van der Waals surface area contributed by atoms with Gasteiger partial charge in [-0.25, -0.2) is 4.79 Å². The third-order valence-corrected chi connectivity index (χ3v) is 3.20. The van der Waals surface area contributed by atoms with Gasteiger partial charge in [0.1, 0.15) is 5.56 Å². The molecule has 4 nitrogen and oxygen atoms in total. The maximum absolute atomic E-state index is 12.8. The summed E-state index contributed by atoms with van der Waals surface area (Å²) in [6.45, 7) is 2.00. The Hall–Kier alpha value is -1.53. The Morgan fingerprint density at radius 1 is 1.53 bits per heavy atom. The summed E-state index contributed by atoms with van der Waals surface area (Å²) in [6, 6.07) is 0. The first kappa shape index (κ1) is 13.9. The quantitative estimate of drug-likeness (QED) is 0.794. The number of hydrogen-bond acceptors (Lipinski definition) is 3. The van der Waals surface area contributed by atoms with Gasteiger partial charge in [0.05, 0.1) is 6.61 Å². The Morgan fingerprint density at radius 2 is 2.21 bits per heavy atom. The van der Waals surface area contributed by atoms with Crippen LogP contribution in [0.15, 0.2) is 6.20 Å². The maximum atomic E-state index is 12.8. The Labute approximate surface area is 108 Å². The lowest BCUT2D eigenvalue weighted by Crippen LogP contribution is -2.19. The highest BCUT2D eigenvalue weighted by atomic mass is 19.4. The Balaban J connectivity index is 2.25. The third-order valence-electron chi connectivity index (χ3n) is 3.20. The zero-order chi connectivity index (χ0) is 14.0. The van der Waals surface area contributed by atoms with E-state index in [1.807, 2.05) is 0 Å². The molecule has 1 aromatic heterocycles. The van der Waals surface area contributed by atoms with Crippen molar-refractivity contribution in [1.29, 1.82) is 0 Å². The van der Waals surface area contributed by atoms with Crippen LogP contribution < -0.4 is 0 Å². The van der Waals surface area contributed by atoms with Crippen LogP contribution in [0.25, 0.3) is 0 Å². The SMILES string of the molecule is CCOC(=O)c1cn(CC2CCC2)nc1C(F)(F)F. The molecule has 0 spiro atoms.